The molecule has 8 nitrogen and oxygen atoms in total. The highest BCUT2D eigenvalue weighted by molar-refractivity contribution is 6.00. The number of methoxy groups -OCH3 is 3. The average Bonchev–Trinajstić information content (AvgIpc) is 3.27. The van der Waals surface area contributed by atoms with Crippen LogP contribution in [-0.4, -0.2) is 43.1 Å². The van der Waals surface area contributed by atoms with Crippen LogP contribution in [0.1, 0.15) is 23.0 Å². The maximum absolute atomic E-state index is 12.4. The van der Waals surface area contributed by atoms with E-state index in [9.17, 15) is 4.79 Å². The van der Waals surface area contributed by atoms with Gasteiger partial charge in [0, 0.05) is 11.1 Å². The molecule has 150 valence electrons. The molecule has 0 aliphatic rings. The Labute approximate surface area is 168 Å². The maximum Gasteiger partial charge on any atom is 0.289 e. The van der Waals surface area contributed by atoms with E-state index in [-0.39, 0.29) is 5.69 Å². The van der Waals surface area contributed by atoms with Gasteiger partial charge in [-0.2, -0.15) is 10.2 Å². The minimum atomic E-state index is -0.397. The topological polar surface area (TPSA) is 97.8 Å². The summed E-state index contributed by atoms with van der Waals surface area (Å²) in [6, 6.07) is 14.5. The molecule has 29 heavy (non-hydrogen) atoms. The Hall–Kier alpha value is -3.81. The Morgan fingerprint density at radius 3 is 2.52 bits per heavy atom. The molecule has 2 aromatic carbocycles. The highest BCUT2D eigenvalue weighted by Gasteiger charge is 2.13. The molecule has 0 saturated carbocycles. The quantitative estimate of drug-likeness (QED) is 0.473. The van der Waals surface area contributed by atoms with Gasteiger partial charge in [-0.05, 0) is 43.3 Å². The summed E-state index contributed by atoms with van der Waals surface area (Å²) in [6.45, 7) is 1.80. The smallest absolute Gasteiger partial charge is 0.289 e. The maximum atomic E-state index is 12.4. The van der Waals surface area contributed by atoms with Gasteiger partial charge in [0.15, 0.2) is 11.5 Å². The van der Waals surface area contributed by atoms with Gasteiger partial charge in [-0.25, -0.2) is 5.43 Å². The number of aromatic nitrogens is 2. The molecule has 0 aliphatic heterocycles. The number of hydrogen-bond acceptors (Lipinski definition) is 6. The van der Waals surface area contributed by atoms with E-state index in [1.165, 1.54) is 0 Å². The third-order valence-electron chi connectivity index (χ3n) is 4.31. The number of hydrazone groups is 1. The van der Waals surface area contributed by atoms with Crippen molar-refractivity contribution in [3.63, 3.8) is 0 Å². The summed E-state index contributed by atoms with van der Waals surface area (Å²) < 4.78 is 15.7. The zero-order valence-corrected chi connectivity index (χ0v) is 16.6. The van der Waals surface area contributed by atoms with Crippen LogP contribution in [0, 0.1) is 0 Å². The average molecular weight is 394 g/mol. The summed E-state index contributed by atoms with van der Waals surface area (Å²) in [5.41, 5.74) is 5.71. The highest BCUT2D eigenvalue weighted by atomic mass is 16.5. The van der Waals surface area contributed by atoms with E-state index < -0.39 is 5.91 Å². The third kappa shape index (κ3) is 4.55. The fraction of sp³-hybridized carbons (Fsp3) is 0.190. The number of carbonyl (C=O) groups is 1. The van der Waals surface area contributed by atoms with E-state index >= 15 is 0 Å². The van der Waals surface area contributed by atoms with E-state index in [2.05, 4.69) is 20.7 Å². The number of carbonyl (C=O) groups excluding carboxylic acids is 1. The van der Waals surface area contributed by atoms with Crippen molar-refractivity contribution in [2.45, 2.75) is 6.92 Å². The van der Waals surface area contributed by atoms with Crippen LogP contribution < -0.4 is 19.6 Å². The van der Waals surface area contributed by atoms with Crippen molar-refractivity contribution in [2.24, 2.45) is 5.10 Å². The van der Waals surface area contributed by atoms with Crippen LogP contribution in [-0.2, 0) is 0 Å². The minimum absolute atomic E-state index is 0.289. The van der Waals surface area contributed by atoms with Crippen molar-refractivity contribution in [3.8, 4) is 28.5 Å². The van der Waals surface area contributed by atoms with E-state index in [1.807, 2.05) is 30.3 Å². The normalized spacial score (nSPS) is 11.1. The van der Waals surface area contributed by atoms with E-state index in [0.717, 1.165) is 16.9 Å². The van der Waals surface area contributed by atoms with Crippen molar-refractivity contribution >= 4 is 11.6 Å². The molecule has 0 spiro atoms. The molecule has 2 N–H and O–H groups in total. The Bertz CT molecular complexity index is 1040. The number of aromatic amines is 1. The second kappa shape index (κ2) is 8.92. The van der Waals surface area contributed by atoms with E-state index in [1.54, 1.807) is 46.5 Å². The predicted molar refractivity (Wildman–Crippen MR) is 110 cm³/mol. The molecular formula is C21H22N4O4. The number of rotatable bonds is 7. The van der Waals surface area contributed by atoms with E-state index in [0.29, 0.717) is 22.9 Å². The van der Waals surface area contributed by atoms with Crippen molar-refractivity contribution in [1.29, 1.82) is 0 Å². The van der Waals surface area contributed by atoms with Gasteiger partial charge in [-0.1, -0.05) is 12.1 Å². The van der Waals surface area contributed by atoms with Gasteiger partial charge in [0.05, 0.1) is 32.7 Å². The second-order valence-corrected chi connectivity index (χ2v) is 6.11. The second-order valence-electron chi connectivity index (χ2n) is 6.11. The number of ether oxygens (including phenoxy) is 3. The first-order chi connectivity index (χ1) is 14.0. The molecule has 3 aromatic rings. The molecule has 3 rings (SSSR count). The summed E-state index contributed by atoms with van der Waals surface area (Å²) in [6.07, 6.45) is 0. The molecule has 0 bridgehead atoms. The molecule has 0 fully saturated rings. The standard InChI is InChI=1S/C21H22N4O4/c1-13(14-6-5-7-16(10-14)27-2)22-25-21(26)18-12-17(23-24-18)15-8-9-19(28-3)20(11-15)29-4/h5-12H,1-4H3,(H,23,24)(H,25,26). The van der Waals surface area contributed by atoms with Crippen molar-refractivity contribution < 1.29 is 19.0 Å². The monoisotopic (exact) mass is 394 g/mol. The molecule has 0 unspecified atom stereocenters. The highest BCUT2D eigenvalue weighted by Crippen LogP contribution is 2.31. The molecule has 1 heterocycles. The first kappa shape index (κ1) is 19.9. The first-order valence-electron chi connectivity index (χ1n) is 8.82. The number of nitrogens with one attached hydrogen (secondary N) is 2. The molecule has 1 amide bonds. The fourth-order valence-electron chi connectivity index (χ4n) is 2.69. The van der Waals surface area contributed by atoms with Crippen LogP contribution >= 0.6 is 0 Å². The number of H-pyrrole nitrogens is 1. The first-order valence-corrected chi connectivity index (χ1v) is 8.82. The molecule has 0 atom stereocenters. The number of benzene rings is 2. The van der Waals surface area contributed by atoms with Gasteiger partial charge in [-0.3, -0.25) is 9.89 Å². The van der Waals surface area contributed by atoms with Crippen LogP contribution in [0.2, 0.25) is 0 Å². The number of hydrogen-bond donors (Lipinski definition) is 2. The van der Waals surface area contributed by atoms with Crippen LogP contribution in [0.25, 0.3) is 11.3 Å². The minimum Gasteiger partial charge on any atom is -0.497 e. The van der Waals surface area contributed by atoms with Crippen molar-refractivity contribution in [1.82, 2.24) is 15.6 Å². The van der Waals surface area contributed by atoms with Crippen LogP contribution in [0.5, 0.6) is 17.2 Å². The lowest BCUT2D eigenvalue weighted by molar-refractivity contribution is 0.0950. The van der Waals surface area contributed by atoms with Gasteiger partial charge < -0.3 is 14.2 Å². The Morgan fingerprint density at radius 2 is 1.79 bits per heavy atom. The summed E-state index contributed by atoms with van der Waals surface area (Å²) in [5, 5.41) is 11.1. The summed E-state index contributed by atoms with van der Waals surface area (Å²) in [4.78, 5) is 12.4. The van der Waals surface area contributed by atoms with Crippen molar-refractivity contribution in [3.05, 3.63) is 59.8 Å². The van der Waals surface area contributed by atoms with Gasteiger partial charge >= 0.3 is 0 Å². The van der Waals surface area contributed by atoms with Gasteiger partial charge in [0.2, 0.25) is 0 Å². The zero-order valence-electron chi connectivity index (χ0n) is 16.6. The number of nitrogens with zero attached hydrogens (tertiary/aromatic N) is 2. The third-order valence-corrected chi connectivity index (χ3v) is 4.31. The Balaban J connectivity index is 1.74. The molecule has 0 aliphatic carbocycles. The van der Waals surface area contributed by atoms with E-state index in [4.69, 9.17) is 14.2 Å². The van der Waals surface area contributed by atoms with Gasteiger partial charge in [0.1, 0.15) is 11.4 Å². The zero-order chi connectivity index (χ0) is 20.8. The summed E-state index contributed by atoms with van der Waals surface area (Å²) in [7, 11) is 4.73. The van der Waals surface area contributed by atoms with Crippen LogP contribution in [0.3, 0.4) is 0 Å². The van der Waals surface area contributed by atoms with Gasteiger partial charge in [-0.15, -0.1) is 0 Å². The largest absolute Gasteiger partial charge is 0.497 e. The fourth-order valence-corrected chi connectivity index (χ4v) is 2.69. The SMILES string of the molecule is COc1cccc(C(C)=NNC(=O)c2cc(-c3ccc(OC)c(OC)c3)n[nH]2)c1. The van der Waals surface area contributed by atoms with Crippen LogP contribution in [0.4, 0.5) is 0 Å². The Kier molecular flexibility index (Phi) is 6.13. The molecule has 8 heteroatoms. The molecule has 0 radical (unpaired) electrons. The van der Waals surface area contributed by atoms with Crippen molar-refractivity contribution in [2.75, 3.05) is 21.3 Å². The molecule has 1 aromatic heterocycles. The number of amides is 1. The van der Waals surface area contributed by atoms with Crippen LogP contribution in [0.15, 0.2) is 53.6 Å². The predicted octanol–water partition coefficient (Wildman–Crippen LogP) is 3.26. The summed E-state index contributed by atoms with van der Waals surface area (Å²) >= 11 is 0. The lowest BCUT2D eigenvalue weighted by Gasteiger charge is -2.08. The summed E-state index contributed by atoms with van der Waals surface area (Å²) in [5.74, 6) is 1.52. The molecule has 0 saturated heterocycles. The lowest BCUT2D eigenvalue weighted by Crippen LogP contribution is -2.19. The Morgan fingerprint density at radius 1 is 1.00 bits per heavy atom. The lowest BCUT2D eigenvalue weighted by atomic mass is 10.1. The van der Waals surface area contributed by atoms with Gasteiger partial charge in [0.25, 0.3) is 5.91 Å². The molecular weight excluding hydrogens is 372 g/mol.